The summed E-state index contributed by atoms with van der Waals surface area (Å²) in [5.74, 6) is 0.832. The van der Waals surface area contributed by atoms with Crippen LogP contribution in [0.3, 0.4) is 0 Å². The van der Waals surface area contributed by atoms with Gasteiger partial charge in [0.15, 0.2) is 0 Å². The number of ether oxygens (including phenoxy) is 2. The van der Waals surface area contributed by atoms with Crippen LogP contribution in [0, 0.1) is 0 Å². The van der Waals surface area contributed by atoms with Crippen molar-refractivity contribution in [3.8, 4) is 5.75 Å². The van der Waals surface area contributed by atoms with E-state index in [2.05, 4.69) is 32.6 Å². The molecule has 2 rings (SSSR count). The van der Waals surface area contributed by atoms with Crippen molar-refractivity contribution in [1.29, 1.82) is 0 Å². The van der Waals surface area contributed by atoms with E-state index >= 15 is 0 Å². The summed E-state index contributed by atoms with van der Waals surface area (Å²) in [6.07, 6.45) is 1.52. The lowest BCUT2D eigenvalue weighted by atomic mass is 9.87. The van der Waals surface area contributed by atoms with Gasteiger partial charge in [-0.1, -0.05) is 6.07 Å². The van der Waals surface area contributed by atoms with Gasteiger partial charge in [0, 0.05) is 18.6 Å². The van der Waals surface area contributed by atoms with Crippen LogP contribution >= 0.6 is 15.9 Å². The van der Waals surface area contributed by atoms with Crippen molar-refractivity contribution in [2.24, 2.45) is 0 Å². The van der Waals surface area contributed by atoms with Crippen LogP contribution in [0.15, 0.2) is 22.7 Å². The number of methoxy groups -OCH3 is 1. The van der Waals surface area contributed by atoms with E-state index in [-0.39, 0.29) is 12.1 Å². The van der Waals surface area contributed by atoms with Gasteiger partial charge in [0.2, 0.25) is 0 Å². The van der Waals surface area contributed by atoms with Crippen molar-refractivity contribution in [3.05, 3.63) is 28.2 Å². The van der Waals surface area contributed by atoms with Crippen LogP contribution in [0.4, 0.5) is 4.79 Å². The van der Waals surface area contributed by atoms with Crippen LogP contribution in [0.25, 0.3) is 0 Å². The summed E-state index contributed by atoms with van der Waals surface area (Å²) in [5.41, 5.74) is 0.744. The van der Waals surface area contributed by atoms with E-state index in [0.717, 1.165) is 29.6 Å². The fourth-order valence-corrected chi connectivity index (χ4v) is 3.05. The number of nitrogens with one attached hydrogen (secondary N) is 2. The fraction of sp³-hybridized carbons (Fsp3) is 0.588. The van der Waals surface area contributed by atoms with E-state index in [0.29, 0.717) is 6.04 Å². The normalized spacial score (nSPS) is 20.6. The van der Waals surface area contributed by atoms with Gasteiger partial charge >= 0.3 is 6.09 Å². The fourth-order valence-electron chi connectivity index (χ4n) is 2.46. The first-order valence-electron chi connectivity index (χ1n) is 7.82. The first-order valence-corrected chi connectivity index (χ1v) is 8.61. The highest BCUT2D eigenvalue weighted by molar-refractivity contribution is 9.10. The number of hydrogen-bond acceptors (Lipinski definition) is 4. The molecule has 1 aromatic carbocycles. The van der Waals surface area contributed by atoms with E-state index < -0.39 is 5.60 Å². The van der Waals surface area contributed by atoms with E-state index in [1.807, 2.05) is 32.9 Å². The Balaban J connectivity index is 1.68. The van der Waals surface area contributed by atoms with Crippen molar-refractivity contribution < 1.29 is 14.3 Å². The zero-order valence-corrected chi connectivity index (χ0v) is 15.7. The monoisotopic (exact) mass is 384 g/mol. The molecule has 2 N–H and O–H groups in total. The molecule has 23 heavy (non-hydrogen) atoms. The lowest BCUT2D eigenvalue weighted by Crippen LogP contribution is -2.52. The van der Waals surface area contributed by atoms with Gasteiger partial charge in [-0.2, -0.15) is 0 Å². The second-order valence-corrected chi connectivity index (χ2v) is 7.72. The number of hydrogen-bond donors (Lipinski definition) is 2. The lowest BCUT2D eigenvalue weighted by molar-refractivity contribution is 0.0465. The number of benzene rings is 1. The molecule has 0 atom stereocenters. The van der Waals surface area contributed by atoms with E-state index in [1.54, 1.807) is 7.11 Å². The van der Waals surface area contributed by atoms with Crippen molar-refractivity contribution in [2.45, 2.75) is 57.8 Å². The molecule has 1 fully saturated rings. The van der Waals surface area contributed by atoms with Crippen LogP contribution in [0.5, 0.6) is 5.75 Å². The molecule has 1 saturated carbocycles. The first-order chi connectivity index (χ1) is 10.8. The summed E-state index contributed by atoms with van der Waals surface area (Å²) in [6, 6.07) is 6.68. The Labute approximate surface area is 146 Å². The van der Waals surface area contributed by atoms with E-state index in [1.165, 1.54) is 5.56 Å². The highest BCUT2D eigenvalue weighted by Gasteiger charge is 2.31. The summed E-state index contributed by atoms with van der Waals surface area (Å²) in [7, 11) is 1.66. The van der Waals surface area contributed by atoms with Crippen molar-refractivity contribution in [2.75, 3.05) is 7.11 Å². The van der Waals surface area contributed by atoms with Crippen molar-refractivity contribution in [1.82, 2.24) is 10.6 Å². The topological polar surface area (TPSA) is 59.6 Å². The Morgan fingerprint density at radius 1 is 1.30 bits per heavy atom. The van der Waals surface area contributed by atoms with Crippen molar-refractivity contribution in [3.63, 3.8) is 0 Å². The third kappa shape index (κ3) is 5.70. The maximum atomic E-state index is 11.7. The number of carbonyl (C=O) groups excluding carboxylic acids is 1. The molecule has 0 bridgehead atoms. The molecule has 5 nitrogen and oxygen atoms in total. The lowest BCUT2D eigenvalue weighted by Gasteiger charge is -2.36. The van der Waals surface area contributed by atoms with Gasteiger partial charge in [-0.15, -0.1) is 0 Å². The molecule has 0 saturated heterocycles. The highest BCUT2D eigenvalue weighted by Crippen LogP contribution is 2.26. The van der Waals surface area contributed by atoms with Crippen molar-refractivity contribution >= 4 is 22.0 Å². The van der Waals surface area contributed by atoms with Gasteiger partial charge in [-0.25, -0.2) is 4.79 Å². The van der Waals surface area contributed by atoms with Gasteiger partial charge < -0.3 is 20.1 Å². The molecule has 1 aliphatic carbocycles. The van der Waals surface area contributed by atoms with Crippen LogP contribution in [0.1, 0.15) is 39.2 Å². The zero-order chi connectivity index (χ0) is 17.0. The van der Waals surface area contributed by atoms with Crippen LogP contribution in [-0.2, 0) is 11.3 Å². The Morgan fingerprint density at radius 2 is 2.00 bits per heavy atom. The van der Waals surface area contributed by atoms with Crippen LogP contribution in [0.2, 0.25) is 0 Å². The summed E-state index contributed by atoms with van der Waals surface area (Å²) in [6.45, 7) is 6.40. The van der Waals surface area contributed by atoms with E-state index in [9.17, 15) is 4.79 Å². The predicted octanol–water partition coefficient (Wildman–Crippen LogP) is 3.60. The first kappa shape index (κ1) is 18.1. The maximum Gasteiger partial charge on any atom is 0.407 e. The van der Waals surface area contributed by atoms with Gasteiger partial charge in [-0.05, 0) is 67.2 Å². The molecule has 0 aliphatic heterocycles. The number of halogens is 1. The van der Waals surface area contributed by atoms with Gasteiger partial charge in [-0.3, -0.25) is 0 Å². The molecule has 1 amide bonds. The summed E-state index contributed by atoms with van der Waals surface area (Å²) >= 11 is 3.49. The number of alkyl carbamates (subject to hydrolysis) is 1. The van der Waals surface area contributed by atoms with Gasteiger partial charge in [0.1, 0.15) is 11.4 Å². The average molecular weight is 385 g/mol. The third-order valence-electron chi connectivity index (χ3n) is 3.67. The quantitative estimate of drug-likeness (QED) is 0.813. The minimum absolute atomic E-state index is 0.199. The SMILES string of the molecule is COc1ccc(CNC2CC(NC(=O)OC(C)(C)C)C2)cc1Br. The molecule has 6 heteroatoms. The van der Waals surface area contributed by atoms with Gasteiger partial charge in [0.05, 0.1) is 11.6 Å². The molecular weight excluding hydrogens is 360 g/mol. The summed E-state index contributed by atoms with van der Waals surface area (Å²) in [4.78, 5) is 11.7. The smallest absolute Gasteiger partial charge is 0.407 e. The highest BCUT2D eigenvalue weighted by atomic mass is 79.9. The third-order valence-corrected chi connectivity index (χ3v) is 4.29. The average Bonchev–Trinajstić information content (AvgIpc) is 2.39. The standard InChI is InChI=1S/C17H25BrN2O3/c1-17(2,3)23-16(21)20-13-8-12(9-13)19-10-11-5-6-15(22-4)14(18)7-11/h5-7,12-13,19H,8-10H2,1-4H3,(H,20,21). The molecule has 0 aromatic heterocycles. The Morgan fingerprint density at radius 3 is 2.57 bits per heavy atom. The number of rotatable bonds is 5. The molecule has 0 radical (unpaired) electrons. The molecule has 0 spiro atoms. The zero-order valence-electron chi connectivity index (χ0n) is 14.1. The number of amides is 1. The summed E-state index contributed by atoms with van der Waals surface area (Å²) < 4.78 is 11.4. The Hall–Kier alpha value is -1.27. The largest absolute Gasteiger partial charge is 0.496 e. The summed E-state index contributed by atoms with van der Waals surface area (Å²) in [5, 5.41) is 6.40. The van der Waals surface area contributed by atoms with E-state index in [4.69, 9.17) is 9.47 Å². The second kappa shape index (κ2) is 7.53. The molecule has 1 aliphatic rings. The molecule has 0 unspecified atom stereocenters. The Kier molecular flexibility index (Phi) is 5.92. The molecule has 1 aromatic rings. The minimum atomic E-state index is -0.451. The Bertz CT molecular complexity index is 551. The van der Waals surface area contributed by atoms with Gasteiger partial charge in [0.25, 0.3) is 0 Å². The number of carbonyl (C=O) groups is 1. The minimum Gasteiger partial charge on any atom is -0.496 e. The molecular formula is C17H25BrN2O3. The molecule has 0 heterocycles. The van der Waals surface area contributed by atoms with Crippen LogP contribution in [-0.4, -0.2) is 30.9 Å². The molecule has 128 valence electrons. The predicted molar refractivity (Wildman–Crippen MR) is 93.7 cm³/mol. The second-order valence-electron chi connectivity index (χ2n) is 6.86. The maximum absolute atomic E-state index is 11.7. The van der Waals surface area contributed by atoms with Crippen LogP contribution < -0.4 is 15.4 Å².